The van der Waals surface area contributed by atoms with Crippen LogP contribution in [0.4, 0.5) is 5.13 Å². The highest BCUT2D eigenvalue weighted by atomic mass is 32.1. The van der Waals surface area contributed by atoms with E-state index in [9.17, 15) is 9.59 Å². The zero-order chi connectivity index (χ0) is 19.2. The van der Waals surface area contributed by atoms with Gasteiger partial charge in [-0.1, -0.05) is 48.9 Å². The van der Waals surface area contributed by atoms with Gasteiger partial charge in [0, 0.05) is 16.5 Å². The molecule has 2 amide bonds. The number of carbonyl (C=O) groups is 2. The molecule has 0 spiro atoms. The van der Waals surface area contributed by atoms with Gasteiger partial charge < -0.3 is 10.6 Å². The number of amides is 2. The van der Waals surface area contributed by atoms with Crippen LogP contribution >= 0.6 is 11.3 Å². The van der Waals surface area contributed by atoms with Crippen molar-refractivity contribution in [3.63, 3.8) is 0 Å². The van der Waals surface area contributed by atoms with Crippen LogP contribution in [0.3, 0.4) is 0 Å². The Bertz CT molecular complexity index is 948. The fourth-order valence-electron chi connectivity index (χ4n) is 2.59. The second-order valence-electron chi connectivity index (χ2n) is 6.19. The maximum atomic E-state index is 12.1. The average molecular weight is 379 g/mol. The summed E-state index contributed by atoms with van der Waals surface area (Å²) in [5, 5.41) is 7.77. The molecule has 1 aromatic heterocycles. The minimum absolute atomic E-state index is 0.104. The average Bonchev–Trinajstić information content (AvgIpc) is 3.14. The molecule has 0 aliphatic rings. The number of nitrogens with zero attached hydrogens (tertiary/aromatic N) is 1. The number of aryl methyl sites for hydroxylation is 2. The van der Waals surface area contributed by atoms with E-state index in [1.54, 1.807) is 12.1 Å². The maximum Gasteiger partial charge on any atom is 0.251 e. The molecular weight excluding hydrogens is 358 g/mol. The molecule has 6 heteroatoms. The Morgan fingerprint density at radius 1 is 1.11 bits per heavy atom. The SMILES string of the molecule is CCc1ccc(-c2csc(NC(=O)CNC(=O)c3cccc(C)c3)n2)cc1. The van der Waals surface area contributed by atoms with Crippen molar-refractivity contribution in [2.24, 2.45) is 0 Å². The number of carbonyl (C=O) groups excluding carboxylic acids is 2. The summed E-state index contributed by atoms with van der Waals surface area (Å²) in [6, 6.07) is 15.4. The van der Waals surface area contributed by atoms with Crippen molar-refractivity contribution in [2.75, 3.05) is 11.9 Å². The molecule has 0 saturated heterocycles. The van der Waals surface area contributed by atoms with Crippen LogP contribution in [0.1, 0.15) is 28.4 Å². The largest absolute Gasteiger partial charge is 0.343 e. The maximum absolute atomic E-state index is 12.1. The standard InChI is InChI=1S/C21H21N3O2S/c1-3-15-7-9-16(10-8-15)18-13-27-21(23-18)24-19(25)12-22-20(26)17-6-4-5-14(2)11-17/h4-11,13H,3,12H2,1-2H3,(H,22,26)(H,23,24,25). The topological polar surface area (TPSA) is 71.1 Å². The number of rotatable bonds is 6. The van der Waals surface area contributed by atoms with Gasteiger partial charge in [0.25, 0.3) is 5.91 Å². The van der Waals surface area contributed by atoms with E-state index >= 15 is 0 Å². The van der Waals surface area contributed by atoms with E-state index in [4.69, 9.17) is 0 Å². The predicted molar refractivity (Wildman–Crippen MR) is 109 cm³/mol. The van der Waals surface area contributed by atoms with Crippen molar-refractivity contribution < 1.29 is 9.59 Å². The number of aromatic nitrogens is 1. The van der Waals surface area contributed by atoms with Crippen LogP contribution < -0.4 is 10.6 Å². The van der Waals surface area contributed by atoms with E-state index < -0.39 is 0 Å². The predicted octanol–water partition coefficient (Wildman–Crippen LogP) is 4.05. The lowest BCUT2D eigenvalue weighted by Gasteiger charge is -2.05. The molecule has 0 atom stereocenters. The zero-order valence-electron chi connectivity index (χ0n) is 15.3. The highest BCUT2D eigenvalue weighted by Crippen LogP contribution is 2.25. The Morgan fingerprint density at radius 2 is 1.89 bits per heavy atom. The molecule has 0 bridgehead atoms. The van der Waals surface area contributed by atoms with E-state index in [0.29, 0.717) is 10.7 Å². The summed E-state index contributed by atoms with van der Waals surface area (Å²) in [5.41, 5.74) is 4.63. The molecule has 5 nitrogen and oxygen atoms in total. The van der Waals surface area contributed by atoms with E-state index in [-0.39, 0.29) is 18.4 Å². The fourth-order valence-corrected chi connectivity index (χ4v) is 3.32. The summed E-state index contributed by atoms with van der Waals surface area (Å²) in [6.45, 7) is 3.93. The summed E-state index contributed by atoms with van der Waals surface area (Å²) in [7, 11) is 0. The first-order chi connectivity index (χ1) is 13.0. The molecular formula is C21H21N3O2S. The first-order valence-corrected chi connectivity index (χ1v) is 9.62. The van der Waals surface area contributed by atoms with Crippen molar-refractivity contribution in [1.82, 2.24) is 10.3 Å². The number of anilines is 1. The monoisotopic (exact) mass is 379 g/mol. The summed E-state index contributed by atoms with van der Waals surface area (Å²) in [6.07, 6.45) is 0.993. The van der Waals surface area contributed by atoms with E-state index in [0.717, 1.165) is 23.2 Å². The van der Waals surface area contributed by atoms with Crippen LogP contribution in [0.5, 0.6) is 0 Å². The van der Waals surface area contributed by atoms with Crippen molar-refractivity contribution in [1.29, 1.82) is 0 Å². The minimum atomic E-state index is -0.307. The molecule has 0 aliphatic heterocycles. The highest BCUT2D eigenvalue weighted by Gasteiger charge is 2.11. The summed E-state index contributed by atoms with van der Waals surface area (Å²) < 4.78 is 0. The number of benzene rings is 2. The smallest absolute Gasteiger partial charge is 0.251 e. The highest BCUT2D eigenvalue weighted by molar-refractivity contribution is 7.14. The molecule has 2 N–H and O–H groups in total. The van der Waals surface area contributed by atoms with E-state index in [2.05, 4.69) is 34.7 Å². The van der Waals surface area contributed by atoms with Crippen LogP contribution in [0.25, 0.3) is 11.3 Å². The molecule has 0 saturated carbocycles. The van der Waals surface area contributed by atoms with E-state index in [1.807, 2.05) is 36.6 Å². The lowest BCUT2D eigenvalue weighted by Crippen LogP contribution is -2.32. The van der Waals surface area contributed by atoms with Crippen LogP contribution in [-0.2, 0) is 11.2 Å². The van der Waals surface area contributed by atoms with Crippen LogP contribution in [0.2, 0.25) is 0 Å². The van der Waals surface area contributed by atoms with Gasteiger partial charge in [0.05, 0.1) is 12.2 Å². The Morgan fingerprint density at radius 3 is 2.59 bits per heavy atom. The van der Waals surface area contributed by atoms with Gasteiger partial charge in [0.15, 0.2) is 5.13 Å². The van der Waals surface area contributed by atoms with Crippen molar-refractivity contribution in [3.05, 3.63) is 70.6 Å². The third kappa shape index (κ3) is 5.01. The Hall–Kier alpha value is -2.99. The van der Waals surface area contributed by atoms with Crippen molar-refractivity contribution in [2.45, 2.75) is 20.3 Å². The zero-order valence-corrected chi connectivity index (χ0v) is 16.1. The number of thiazole rings is 1. The summed E-state index contributed by atoms with van der Waals surface area (Å²) >= 11 is 1.36. The third-order valence-electron chi connectivity index (χ3n) is 4.10. The number of hydrogen-bond donors (Lipinski definition) is 2. The molecule has 0 radical (unpaired) electrons. The quantitative estimate of drug-likeness (QED) is 0.679. The molecule has 1 heterocycles. The lowest BCUT2D eigenvalue weighted by molar-refractivity contribution is -0.115. The molecule has 0 aliphatic carbocycles. The Balaban J connectivity index is 1.55. The first-order valence-electron chi connectivity index (χ1n) is 8.74. The molecule has 0 unspecified atom stereocenters. The van der Waals surface area contributed by atoms with Gasteiger partial charge in [0.2, 0.25) is 5.91 Å². The third-order valence-corrected chi connectivity index (χ3v) is 4.86. The van der Waals surface area contributed by atoms with Gasteiger partial charge in [-0.15, -0.1) is 11.3 Å². The van der Waals surface area contributed by atoms with Crippen LogP contribution in [-0.4, -0.2) is 23.3 Å². The van der Waals surface area contributed by atoms with Gasteiger partial charge in [-0.25, -0.2) is 4.98 Å². The Labute approximate surface area is 162 Å². The Kier molecular flexibility index (Phi) is 5.98. The molecule has 2 aromatic carbocycles. The van der Waals surface area contributed by atoms with Gasteiger partial charge in [-0.3, -0.25) is 9.59 Å². The van der Waals surface area contributed by atoms with Gasteiger partial charge >= 0.3 is 0 Å². The van der Waals surface area contributed by atoms with Crippen LogP contribution in [0, 0.1) is 6.92 Å². The van der Waals surface area contributed by atoms with Crippen molar-refractivity contribution in [3.8, 4) is 11.3 Å². The molecule has 3 rings (SSSR count). The normalized spacial score (nSPS) is 10.4. The van der Waals surface area contributed by atoms with Gasteiger partial charge in [0.1, 0.15) is 0 Å². The summed E-state index contributed by atoms with van der Waals surface area (Å²) in [5.74, 6) is -0.581. The van der Waals surface area contributed by atoms with Crippen LogP contribution in [0.15, 0.2) is 53.9 Å². The minimum Gasteiger partial charge on any atom is -0.343 e. The molecule has 138 valence electrons. The lowest BCUT2D eigenvalue weighted by atomic mass is 10.1. The molecule has 0 fully saturated rings. The summed E-state index contributed by atoms with van der Waals surface area (Å²) in [4.78, 5) is 28.6. The first kappa shape index (κ1) is 18.8. The number of nitrogens with one attached hydrogen (secondary N) is 2. The second kappa shape index (κ2) is 8.60. The van der Waals surface area contributed by atoms with Gasteiger partial charge in [-0.2, -0.15) is 0 Å². The number of hydrogen-bond acceptors (Lipinski definition) is 4. The molecule has 3 aromatic rings. The fraction of sp³-hybridized carbons (Fsp3) is 0.190. The molecule has 27 heavy (non-hydrogen) atoms. The van der Waals surface area contributed by atoms with Crippen molar-refractivity contribution >= 4 is 28.3 Å². The van der Waals surface area contributed by atoms with E-state index in [1.165, 1.54) is 16.9 Å². The van der Waals surface area contributed by atoms with Gasteiger partial charge in [-0.05, 0) is 31.0 Å². The second-order valence-corrected chi connectivity index (χ2v) is 7.05.